The van der Waals surface area contributed by atoms with Crippen LogP contribution in [-0.2, 0) is 0 Å². The van der Waals surface area contributed by atoms with E-state index in [-0.39, 0.29) is 0 Å². The summed E-state index contributed by atoms with van der Waals surface area (Å²) in [5.41, 5.74) is 17.6. The van der Waals surface area contributed by atoms with E-state index in [0.29, 0.717) is 11.8 Å². The highest BCUT2D eigenvalue weighted by atomic mass is 14.6. The summed E-state index contributed by atoms with van der Waals surface area (Å²) in [5.74, 6) is 0.989. The van der Waals surface area contributed by atoms with Crippen molar-refractivity contribution in [2.24, 2.45) is 5.92 Å². The van der Waals surface area contributed by atoms with Crippen molar-refractivity contribution in [1.29, 1.82) is 0 Å². The van der Waals surface area contributed by atoms with Gasteiger partial charge in [0.15, 0.2) is 0 Å². The third kappa shape index (κ3) is 3.66. The van der Waals surface area contributed by atoms with Crippen LogP contribution in [0.3, 0.4) is 0 Å². The quantitative estimate of drug-likeness (QED) is 0.735. The molecule has 2 heteroatoms. The SMILES string of the molecule is CC=Cc1cc(C=CC)c(N)c(C(C)CC(C)C)c1N. The highest BCUT2D eigenvalue weighted by Crippen LogP contribution is 2.37. The minimum absolute atomic E-state index is 0.365. The molecule has 1 aromatic rings. The van der Waals surface area contributed by atoms with E-state index in [0.717, 1.165) is 34.5 Å². The molecule has 0 aliphatic heterocycles. The Morgan fingerprint density at radius 1 is 0.950 bits per heavy atom. The second-order valence-corrected chi connectivity index (χ2v) is 5.83. The summed E-state index contributed by atoms with van der Waals surface area (Å²) in [7, 11) is 0. The van der Waals surface area contributed by atoms with E-state index in [1.807, 2.05) is 38.2 Å². The van der Waals surface area contributed by atoms with Crippen LogP contribution in [0.2, 0.25) is 0 Å². The number of hydrogen-bond donors (Lipinski definition) is 2. The first-order valence-electron chi connectivity index (χ1n) is 7.39. The first kappa shape index (κ1) is 16.4. The maximum absolute atomic E-state index is 6.36. The molecule has 0 saturated heterocycles. The number of rotatable bonds is 5. The van der Waals surface area contributed by atoms with Crippen LogP contribution in [0.5, 0.6) is 0 Å². The fourth-order valence-corrected chi connectivity index (χ4v) is 2.77. The molecule has 4 N–H and O–H groups in total. The van der Waals surface area contributed by atoms with Gasteiger partial charge in [0.25, 0.3) is 0 Å². The Balaban J connectivity index is 3.46. The van der Waals surface area contributed by atoms with Crippen LogP contribution in [-0.4, -0.2) is 0 Å². The normalized spacial score (nSPS) is 13.7. The Labute approximate surface area is 123 Å². The lowest BCUT2D eigenvalue weighted by atomic mass is 9.86. The Morgan fingerprint density at radius 2 is 1.40 bits per heavy atom. The zero-order valence-electron chi connectivity index (χ0n) is 13.4. The van der Waals surface area contributed by atoms with Crippen molar-refractivity contribution in [1.82, 2.24) is 0 Å². The highest BCUT2D eigenvalue weighted by Gasteiger charge is 2.18. The molecule has 0 amide bonds. The average molecular weight is 272 g/mol. The van der Waals surface area contributed by atoms with E-state index >= 15 is 0 Å². The van der Waals surface area contributed by atoms with Crippen molar-refractivity contribution < 1.29 is 0 Å². The van der Waals surface area contributed by atoms with Crippen molar-refractivity contribution in [3.63, 3.8) is 0 Å². The number of allylic oxidation sites excluding steroid dienone is 2. The van der Waals surface area contributed by atoms with Crippen molar-refractivity contribution >= 4 is 23.5 Å². The molecule has 0 saturated carbocycles. The summed E-state index contributed by atoms with van der Waals surface area (Å²) in [5, 5.41) is 0. The number of nitrogens with two attached hydrogens (primary N) is 2. The standard InChI is InChI=1S/C18H28N2/c1-6-8-14-11-15(9-7-2)18(20)16(17(14)19)13(5)10-12(3)4/h6-9,11-13H,10,19-20H2,1-5H3. The third-order valence-corrected chi connectivity index (χ3v) is 3.52. The van der Waals surface area contributed by atoms with Gasteiger partial charge in [0.05, 0.1) is 0 Å². The molecule has 1 aromatic carbocycles. The smallest absolute Gasteiger partial charge is 0.0444 e. The maximum atomic E-state index is 6.36. The molecule has 1 unspecified atom stereocenters. The molecule has 0 fully saturated rings. The van der Waals surface area contributed by atoms with E-state index in [2.05, 4.69) is 26.8 Å². The summed E-state index contributed by atoms with van der Waals surface area (Å²) in [6.45, 7) is 10.7. The Hall–Kier alpha value is -1.70. The largest absolute Gasteiger partial charge is 0.398 e. The molecule has 0 aliphatic carbocycles. The highest BCUT2D eigenvalue weighted by molar-refractivity contribution is 5.81. The fraction of sp³-hybridized carbons (Fsp3) is 0.444. The maximum Gasteiger partial charge on any atom is 0.0444 e. The molecule has 1 atom stereocenters. The second kappa shape index (κ2) is 7.18. The van der Waals surface area contributed by atoms with E-state index in [1.165, 1.54) is 0 Å². The van der Waals surface area contributed by atoms with Gasteiger partial charge in [-0.05, 0) is 49.3 Å². The molecule has 20 heavy (non-hydrogen) atoms. The molecule has 0 spiro atoms. The van der Waals surface area contributed by atoms with Gasteiger partial charge in [0.2, 0.25) is 0 Å². The third-order valence-electron chi connectivity index (χ3n) is 3.52. The van der Waals surface area contributed by atoms with Gasteiger partial charge < -0.3 is 11.5 Å². The van der Waals surface area contributed by atoms with Gasteiger partial charge in [0, 0.05) is 16.9 Å². The van der Waals surface area contributed by atoms with Crippen LogP contribution in [0, 0.1) is 5.92 Å². The monoisotopic (exact) mass is 272 g/mol. The van der Waals surface area contributed by atoms with Gasteiger partial charge >= 0.3 is 0 Å². The van der Waals surface area contributed by atoms with Crippen molar-refractivity contribution in [2.45, 2.75) is 47.0 Å². The molecule has 2 nitrogen and oxygen atoms in total. The number of nitrogen functional groups attached to an aromatic ring is 2. The zero-order valence-corrected chi connectivity index (χ0v) is 13.4. The number of anilines is 2. The summed E-state index contributed by atoms with van der Waals surface area (Å²) in [6, 6.07) is 2.07. The second-order valence-electron chi connectivity index (χ2n) is 5.83. The van der Waals surface area contributed by atoms with Gasteiger partial charge in [-0.15, -0.1) is 0 Å². The molecular weight excluding hydrogens is 244 g/mol. The predicted molar refractivity (Wildman–Crippen MR) is 92.6 cm³/mol. The lowest BCUT2D eigenvalue weighted by Crippen LogP contribution is -2.09. The summed E-state index contributed by atoms with van der Waals surface area (Å²) < 4.78 is 0. The summed E-state index contributed by atoms with van der Waals surface area (Å²) in [6.07, 6.45) is 9.21. The minimum Gasteiger partial charge on any atom is -0.398 e. The molecular formula is C18H28N2. The average Bonchev–Trinajstić information content (AvgIpc) is 2.35. The first-order valence-corrected chi connectivity index (χ1v) is 7.39. The van der Waals surface area contributed by atoms with Gasteiger partial charge in [-0.2, -0.15) is 0 Å². The Morgan fingerprint density at radius 3 is 1.75 bits per heavy atom. The van der Waals surface area contributed by atoms with E-state index in [1.54, 1.807) is 0 Å². The molecule has 0 bridgehead atoms. The van der Waals surface area contributed by atoms with Gasteiger partial charge in [-0.1, -0.05) is 45.1 Å². The molecule has 0 heterocycles. The van der Waals surface area contributed by atoms with Crippen LogP contribution in [0.4, 0.5) is 11.4 Å². The van der Waals surface area contributed by atoms with Crippen molar-refractivity contribution in [3.8, 4) is 0 Å². The lowest BCUT2D eigenvalue weighted by Gasteiger charge is -2.22. The minimum atomic E-state index is 0.365. The van der Waals surface area contributed by atoms with Gasteiger partial charge in [-0.25, -0.2) is 0 Å². The van der Waals surface area contributed by atoms with Crippen LogP contribution in [0.25, 0.3) is 12.2 Å². The lowest BCUT2D eigenvalue weighted by molar-refractivity contribution is 0.525. The van der Waals surface area contributed by atoms with E-state index < -0.39 is 0 Å². The fourth-order valence-electron chi connectivity index (χ4n) is 2.77. The van der Waals surface area contributed by atoms with Crippen LogP contribution in [0.15, 0.2) is 18.2 Å². The molecule has 0 aliphatic rings. The van der Waals surface area contributed by atoms with Crippen LogP contribution >= 0.6 is 0 Å². The van der Waals surface area contributed by atoms with Crippen molar-refractivity contribution in [3.05, 3.63) is 34.9 Å². The summed E-state index contributed by atoms with van der Waals surface area (Å²) >= 11 is 0. The topological polar surface area (TPSA) is 52.0 Å². The zero-order chi connectivity index (χ0) is 15.3. The molecule has 1 rings (SSSR count). The number of hydrogen-bond acceptors (Lipinski definition) is 2. The predicted octanol–water partition coefficient (Wildman–Crippen LogP) is 5.07. The molecule has 110 valence electrons. The van der Waals surface area contributed by atoms with Gasteiger partial charge in [-0.3, -0.25) is 0 Å². The van der Waals surface area contributed by atoms with E-state index in [9.17, 15) is 0 Å². The van der Waals surface area contributed by atoms with Crippen molar-refractivity contribution in [2.75, 3.05) is 11.5 Å². The molecule has 0 radical (unpaired) electrons. The van der Waals surface area contributed by atoms with E-state index in [4.69, 9.17) is 11.5 Å². The molecule has 0 aromatic heterocycles. The van der Waals surface area contributed by atoms with Gasteiger partial charge in [0.1, 0.15) is 0 Å². The first-order chi connectivity index (χ1) is 9.42. The van der Waals surface area contributed by atoms with Crippen LogP contribution < -0.4 is 11.5 Å². The summed E-state index contributed by atoms with van der Waals surface area (Å²) in [4.78, 5) is 0. The number of benzene rings is 1. The Bertz CT molecular complexity index is 474. The Kier molecular flexibility index (Phi) is 5.87. The van der Waals surface area contributed by atoms with Crippen LogP contribution in [0.1, 0.15) is 63.6 Å².